The van der Waals surface area contributed by atoms with Crippen molar-refractivity contribution in [2.24, 2.45) is 0 Å². The molecule has 134 valence electrons. The van der Waals surface area contributed by atoms with Crippen LogP contribution in [0, 0.1) is 0 Å². The monoisotopic (exact) mass is 349 g/mol. The van der Waals surface area contributed by atoms with Gasteiger partial charge in [-0.25, -0.2) is 15.0 Å². The van der Waals surface area contributed by atoms with Crippen molar-refractivity contribution in [3.63, 3.8) is 0 Å². The fourth-order valence-corrected chi connectivity index (χ4v) is 3.27. The average Bonchev–Trinajstić information content (AvgIpc) is 2.69. The Morgan fingerprint density at radius 2 is 1.81 bits per heavy atom. The van der Waals surface area contributed by atoms with Crippen molar-refractivity contribution >= 4 is 16.9 Å². The van der Waals surface area contributed by atoms with Crippen LogP contribution >= 0.6 is 0 Å². The number of ether oxygens (including phenoxy) is 1. The van der Waals surface area contributed by atoms with Gasteiger partial charge in [0, 0.05) is 45.1 Å². The smallest absolute Gasteiger partial charge is 0.225 e. The first-order chi connectivity index (χ1) is 12.8. The molecule has 0 spiro atoms. The summed E-state index contributed by atoms with van der Waals surface area (Å²) in [5, 5.41) is 0.862. The molecule has 1 aliphatic heterocycles. The van der Waals surface area contributed by atoms with Gasteiger partial charge >= 0.3 is 0 Å². The van der Waals surface area contributed by atoms with E-state index in [4.69, 9.17) is 9.72 Å². The summed E-state index contributed by atoms with van der Waals surface area (Å²) in [6.45, 7) is 7.41. The summed E-state index contributed by atoms with van der Waals surface area (Å²) >= 11 is 0. The number of piperazine rings is 1. The quantitative estimate of drug-likeness (QED) is 0.706. The van der Waals surface area contributed by atoms with Gasteiger partial charge in [0.2, 0.25) is 11.8 Å². The lowest BCUT2D eigenvalue weighted by molar-refractivity contribution is 0.249. The van der Waals surface area contributed by atoms with Crippen molar-refractivity contribution in [2.75, 3.05) is 37.7 Å². The number of hydrogen-bond donors (Lipinski definition) is 0. The highest BCUT2D eigenvalue weighted by molar-refractivity contribution is 5.83. The third-order valence-corrected chi connectivity index (χ3v) is 4.65. The van der Waals surface area contributed by atoms with Crippen LogP contribution in [-0.4, -0.2) is 52.6 Å². The van der Waals surface area contributed by atoms with Crippen LogP contribution in [0.4, 0.5) is 5.95 Å². The SMILES string of the molecule is CCOc1nccc2nc(N3CCN(Cc4ccccc4)CC3)ncc12. The Morgan fingerprint density at radius 1 is 1.00 bits per heavy atom. The number of pyridine rings is 1. The van der Waals surface area contributed by atoms with Gasteiger partial charge in [0.1, 0.15) is 0 Å². The Labute approximate surface area is 153 Å². The van der Waals surface area contributed by atoms with Crippen LogP contribution in [0.15, 0.2) is 48.8 Å². The zero-order valence-electron chi connectivity index (χ0n) is 15.0. The Kier molecular flexibility index (Phi) is 4.93. The van der Waals surface area contributed by atoms with E-state index in [-0.39, 0.29) is 0 Å². The van der Waals surface area contributed by atoms with Crippen molar-refractivity contribution in [3.8, 4) is 5.88 Å². The van der Waals surface area contributed by atoms with Crippen LogP contribution in [0.5, 0.6) is 5.88 Å². The maximum Gasteiger partial charge on any atom is 0.225 e. The third kappa shape index (κ3) is 3.60. The standard InChI is InChI=1S/C20H23N5O/c1-2-26-19-17-14-22-20(23-18(17)8-9-21-19)25-12-10-24(11-13-25)15-16-6-4-3-5-7-16/h3-9,14H,2,10-13,15H2,1H3. The molecule has 6 heteroatoms. The van der Waals surface area contributed by atoms with Crippen LogP contribution in [-0.2, 0) is 6.54 Å². The number of hydrogen-bond acceptors (Lipinski definition) is 6. The summed E-state index contributed by atoms with van der Waals surface area (Å²) < 4.78 is 5.56. The molecule has 26 heavy (non-hydrogen) atoms. The second-order valence-corrected chi connectivity index (χ2v) is 6.40. The molecule has 0 unspecified atom stereocenters. The summed E-state index contributed by atoms with van der Waals surface area (Å²) in [6, 6.07) is 12.5. The van der Waals surface area contributed by atoms with Crippen molar-refractivity contribution in [3.05, 3.63) is 54.4 Å². The van der Waals surface area contributed by atoms with E-state index >= 15 is 0 Å². The van der Waals surface area contributed by atoms with Gasteiger partial charge in [-0.1, -0.05) is 30.3 Å². The minimum atomic E-state index is 0.581. The molecule has 0 aliphatic carbocycles. The first-order valence-corrected chi connectivity index (χ1v) is 9.09. The fraction of sp³-hybridized carbons (Fsp3) is 0.350. The summed E-state index contributed by atoms with van der Waals surface area (Å²) in [5.41, 5.74) is 2.24. The van der Waals surface area contributed by atoms with Crippen molar-refractivity contribution in [2.45, 2.75) is 13.5 Å². The summed E-state index contributed by atoms with van der Waals surface area (Å²) in [4.78, 5) is 18.3. The molecule has 1 fully saturated rings. The van der Waals surface area contributed by atoms with Gasteiger partial charge in [-0.15, -0.1) is 0 Å². The molecule has 1 aliphatic rings. The zero-order valence-corrected chi connectivity index (χ0v) is 15.0. The molecule has 0 bridgehead atoms. The highest BCUT2D eigenvalue weighted by atomic mass is 16.5. The van der Waals surface area contributed by atoms with Crippen LogP contribution in [0.2, 0.25) is 0 Å². The van der Waals surface area contributed by atoms with Gasteiger partial charge in [-0.3, -0.25) is 4.90 Å². The number of aromatic nitrogens is 3. The van der Waals surface area contributed by atoms with Gasteiger partial charge in [0.05, 0.1) is 17.5 Å². The molecular weight excluding hydrogens is 326 g/mol. The largest absolute Gasteiger partial charge is 0.477 e. The average molecular weight is 349 g/mol. The maximum atomic E-state index is 5.56. The van der Waals surface area contributed by atoms with Crippen LogP contribution < -0.4 is 9.64 Å². The number of rotatable bonds is 5. The highest BCUT2D eigenvalue weighted by Crippen LogP contribution is 2.23. The number of anilines is 1. The first kappa shape index (κ1) is 16.7. The predicted octanol–water partition coefficient (Wildman–Crippen LogP) is 2.75. The molecule has 2 aromatic heterocycles. The van der Waals surface area contributed by atoms with Crippen molar-refractivity contribution < 1.29 is 4.74 Å². The van der Waals surface area contributed by atoms with Crippen LogP contribution in [0.3, 0.4) is 0 Å². The van der Waals surface area contributed by atoms with E-state index in [0.29, 0.717) is 12.5 Å². The number of benzene rings is 1. The van der Waals surface area contributed by atoms with Gasteiger partial charge < -0.3 is 9.64 Å². The van der Waals surface area contributed by atoms with Gasteiger partial charge in [-0.05, 0) is 18.6 Å². The van der Waals surface area contributed by atoms with Gasteiger partial charge in [0.25, 0.3) is 0 Å². The van der Waals surface area contributed by atoms with Crippen LogP contribution in [0.25, 0.3) is 10.9 Å². The summed E-state index contributed by atoms with van der Waals surface area (Å²) in [5.74, 6) is 1.38. The first-order valence-electron chi connectivity index (χ1n) is 9.09. The number of nitrogens with zero attached hydrogens (tertiary/aromatic N) is 5. The molecule has 3 aromatic rings. The molecule has 1 saturated heterocycles. The van der Waals surface area contributed by atoms with Gasteiger partial charge in [-0.2, -0.15) is 0 Å². The van der Waals surface area contributed by atoms with Crippen molar-refractivity contribution in [1.82, 2.24) is 19.9 Å². The molecule has 0 N–H and O–H groups in total. The van der Waals surface area contributed by atoms with E-state index in [0.717, 1.165) is 49.6 Å². The molecule has 0 amide bonds. The Hall–Kier alpha value is -2.73. The third-order valence-electron chi connectivity index (χ3n) is 4.65. The second-order valence-electron chi connectivity index (χ2n) is 6.40. The minimum Gasteiger partial charge on any atom is -0.477 e. The lowest BCUT2D eigenvalue weighted by atomic mass is 10.2. The molecule has 6 nitrogen and oxygen atoms in total. The molecule has 3 heterocycles. The molecule has 0 radical (unpaired) electrons. The number of fused-ring (bicyclic) bond motifs is 1. The molecule has 0 saturated carbocycles. The zero-order chi connectivity index (χ0) is 17.8. The topological polar surface area (TPSA) is 54.4 Å². The normalized spacial score (nSPS) is 15.3. The summed E-state index contributed by atoms with van der Waals surface area (Å²) in [6.07, 6.45) is 3.56. The molecule has 4 rings (SSSR count). The molecule has 0 atom stereocenters. The van der Waals surface area contributed by atoms with E-state index in [1.807, 2.05) is 19.2 Å². The minimum absolute atomic E-state index is 0.581. The van der Waals surface area contributed by atoms with Crippen molar-refractivity contribution in [1.29, 1.82) is 0 Å². The summed E-state index contributed by atoms with van der Waals surface area (Å²) in [7, 11) is 0. The Morgan fingerprint density at radius 3 is 2.58 bits per heavy atom. The van der Waals surface area contributed by atoms with E-state index in [2.05, 4.69) is 50.1 Å². The van der Waals surface area contributed by atoms with E-state index < -0.39 is 0 Å². The van der Waals surface area contributed by atoms with Crippen LogP contribution in [0.1, 0.15) is 12.5 Å². The Balaban J connectivity index is 1.44. The van der Waals surface area contributed by atoms with E-state index in [9.17, 15) is 0 Å². The van der Waals surface area contributed by atoms with E-state index in [1.165, 1.54) is 5.56 Å². The highest BCUT2D eigenvalue weighted by Gasteiger charge is 2.19. The lowest BCUT2D eigenvalue weighted by Crippen LogP contribution is -2.46. The predicted molar refractivity (Wildman–Crippen MR) is 102 cm³/mol. The van der Waals surface area contributed by atoms with Gasteiger partial charge in [0.15, 0.2) is 0 Å². The Bertz CT molecular complexity index is 862. The molecule has 1 aromatic carbocycles. The lowest BCUT2D eigenvalue weighted by Gasteiger charge is -2.34. The molecular formula is C20H23N5O. The maximum absolute atomic E-state index is 5.56. The van der Waals surface area contributed by atoms with E-state index in [1.54, 1.807) is 6.20 Å². The second kappa shape index (κ2) is 7.66. The fourth-order valence-electron chi connectivity index (χ4n) is 3.27.